The number of rotatable bonds is 2. The third-order valence-corrected chi connectivity index (χ3v) is 2.27. The van der Waals surface area contributed by atoms with E-state index >= 15 is 0 Å². The predicted octanol–water partition coefficient (Wildman–Crippen LogP) is 1.71. The fourth-order valence-corrected chi connectivity index (χ4v) is 1.38. The lowest BCUT2D eigenvalue weighted by atomic mass is 10.00. The van der Waals surface area contributed by atoms with Gasteiger partial charge < -0.3 is 10.1 Å². The summed E-state index contributed by atoms with van der Waals surface area (Å²) in [6.45, 7) is 3.17. The monoisotopic (exact) mass is 199 g/mol. The summed E-state index contributed by atoms with van der Waals surface area (Å²) in [5.74, 6) is -1.81. The Hall–Kier alpha value is -1.16. The molecule has 0 saturated carbocycles. The van der Waals surface area contributed by atoms with Crippen molar-refractivity contribution >= 4 is 0 Å². The molecule has 0 radical (unpaired) electrons. The molecule has 0 amide bonds. The Kier molecular flexibility index (Phi) is 2.15. The second kappa shape index (κ2) is 3.20. The van der Waals surface area contributed by atoms with Crippen LogP contribution in [0, 0.1) is 11.6 Å². The zero-order valence-corrected chi connectivity index (χ0v) is 7.81. The van der Waals surface area contributed by atoms with Gasteiger partial charge in [-0.15, -0.1) is 0 Å². The molecule has 2 rings (SSSR count). The van der Waals surface area contributed by atoms with Crippen LogP contribution in [0.3, 0.4) is 0 Å². The Morgan fingerprint density at radius 2 is 2.07 bits per heavy atom. The van der Waals surface area contributed by atoms with Gasteiger partial charge in [0.1, 0.15) is 5.60 Å². The van der Waals surface area contributed by atoms with Crippen LogP contribution in [0.4, 0.5) is 8.78 Å². The largest absolute Gasteiger partial charge is 0.482 e. The molecule has 0 aliphatic carbocycles. The van der Waals surface area contributed by atoms with E-state index in [-0.39, 0.29) is 5.75 Å². The van der Waals surface area contributed by atoms with Crippen molar-refractivity contribution in [1.82, 2.24) is 5.32 Å². The second-order valence-electron chi connectivity index (χ2n) is 3.71. The molecule has 0 atom stereocenters. The van der Waals surface area contributed by atoms with Crippen molar-refractivity contribution in [3.8, 4) is 5.75 Å². The SMILES string of the molecule is CC1(Oc2cccc(F)c2F)CNC1. The Balaban J connectivity index is 2.20. The van der Waals surface area contributed by atoms with Crippen LogP contribution in [0.15, 0.2) is 18.2 Å². The van der Waals surface area contributed by atoms with Crippen LogP contribution in [-0.2, 0) is 0 Å². The average Bonchev–Trinajstić information content (AvgIpc) is 2.10. The molecule has 0 unspecified atom stereocenters. The number of halogens is 2. The van der Waals surface area contributed by atoms with E-state index in [1.807, 2.05) is 6.92 Å². The Morgan fingerprint density at radius 1 is 1.36 bits per heavy atom. The molecule has 4 heteroatoms. The minimum absolute atomic E-state index is 0.0194. The fourth-order valence-electron chi connectivity index (χ4n) is 1.38. The zero-order valence-electron chi connectivity index (χ0n) is 7.81. The third kappa shape index (κ3) is 1.57. The maximum absolute atomic E-state index is 13.2. The van der Waals surface area contributed by atoms with E-state index in [1.54, 1.807) is 0 Å². The molecule has 1 N–H and O–H groups in total. The normalized spacial score (nSPS) is 18.8. The van der Waals surface area contributed by atoms with Crippen LogP contribution in [0.25, 0.3) is 0 Å². The number of ether oxygens (including phenoxy) is 1. The van der Waals surface area contributed by atoms with Crippen LogP contribution in [0.5, 0.6) is 5.75 Å². The lowest BCUT2D eigenvalue weighted by molar-refractivity contribution is 0.0305. The number of hydrogen-bond donors (Lipinski definition) is 1. The first-order valence-corrected chi connectivity index (χ1v) is 4.44. The van der Waals surface area contributed by atoms with Crippen molar-refractivity contribution in [3.05, 3.63) is 29.8 Å². The molecule has 1 heterocycles. The van der Waals surface area contributed by atoms with Gasteiger partial charge in [-0.2, -0.15) is 4.39 Å². The summed E-state index contributed by atoms with van der Waals surface area (Å²) < 4.78 is 31.3. The molecule has 2 nitrogen and oxygen atoms in total. The number of hydrogen-bond acceptors (Lipinski definition) is 2. The fraction of sp³-hybridized carbons (Fsp3) is 0.400. The molecular weight excluding hydrogens is 188 g/mol. The number of nitrogens with one attached hydrogen (secondary N) is 1. The highest BCUT2D eigenvalue weighted by Crippen LogP contribution is 2.25. The molecule has 1 aliphatic heterocycles. The maximum Gasteiger partial charge on any atom is 0.200 e. The summed E-state index contributed by atoms with van der Waals surface area (Å²) in [6.07, 6.45) is 0. The van der Waals surface area contributed by atoms with Crippen LogP contribution in [0.1, 0.15) is 6.92 Å². The van der Waals surface area contributed by atoms with Gasteiger partial charge in [0.05, 0.1) is 0 Å². The Morgan fingerprint density at radius 3 is 2.64 bits per heavy atom. The standard InChI is InChI=1S/C10H11F2NO/c1-10(5-13-6-10)14-8-4-2-3-7(11)9(8)12/h2-4,13H,5-6H2,1H3. The van der Waals surface area contributed by atoms with Crippen molar-refractivity contribution < 1.29 is 13.5 Å². The lowest BCUT2D eigenvalue weighted by Crippen LogP contribution is -2.61. The molecule has 0 bridgehead atoms. The quantitative estimate of drug-likeness (QED) is 0.782. The zero-order chi connectivity index (χ0) is 10.2. The highest BCUT2D eigenvalue weighted by molar-refractivity contribution is 5.26. The maximum atomic E-state index is 13.2. The molecular formula is C10H11F2NO. The van der Waals surface area contributed by atoms with E-state index in [9.17, 15) is 8.78 Å². The van der Waals surface area contributed by atoms with Gasteiger partial charge in [-0.3, -0.25) is 0 Å². The highest BCUT2D eigenvalue weighted by atomic mass is 19.2. The van der Waals surface area contributed by atoms with Crippen molar-refractivity contribution in [1.29, 1.82) is 0 Å². The van der Waals surface area contributed by atoms with Gasteiger partial charge in [-0.1, -0.05) is 6.07 Å². The molecule has 1 aliphatic rings. The van der Waals surface area contributed by atoms with Crippen LogP contribution in [-0.4, -0.2) is 18.7 Å². The summed E-state index contributed by atoms with van der Waals surface area (Å²) in [4.78, 5) is 0. The van der Waals surface area contributed by atoms with E-state index in [1.165, 1.54) is 12.1 Å². The van der Waals surface area contributed by atoms with Gasteiger partial charge in [-0.05, 0) is 19.1 Å². The van der Waals surface area contributed by atoms with Crippen LogP contribution in [0.2, 0.25) is 0 Å². The van der Waals surface area contributed by atoms with Crippen molar-refractivity contribution in [3.63, 3.8) is 0 Å². The lowest BCUT2D eigenvalue weighted by Gasteiger charge is -2.39. The Labute approximate surface area is 80.9 Å². The molecule has 1 fully saturated rings. The van der Waals surface area contributed by atoms with Gasteiger partial charge >= 0.3 is 0 Å². The van der Waals surface area contributed by atoms with Gasteiger partial charge in [0.15, 0.2) is 11.6 Å². The predicted molar refractivity (Wildman–Crippen MR) is 48.3 cm³/mol. The smallest absolute Gasteiger partial charge is 0.200 e. The first kappa shape index (κ1) is 9.40. The number of benzene rings is 1. The summed E-state index contributed by atoms with van der Waals surface area (Å²) in [6, 6.07) is 3.94. The summed E-state index contributed by atoms with van der Waals surface area (Å²) in [5.41, 5.74) is -0.408. The average molecular weight is 199 g/mol. The van der Waals surface area contributed by atoms with E-state index in [0.717, 1.165) is 6.07 Å². The first-order chi connectivity index (χ1) is 6.61. The van der Waals surface area contributed by atoms with Gasteiger partial charge in [0.25, 0.3) is 0 Å². The van der Waals surface area contributed by atoms with E-state index in [0.29, 0.717) is 13.1 Å². The van der Waals surface area contributed by atoms with Gasteiger partial charge in [0.2, 0.25) is 5.82 Å². The van der Waals surface area contributed by atoms with Gasteiger partial charge in [0, 0.05) is 13.1 Å². The first-order valence-electron chi connectivity index (χ1n) is 4.44. The van der Waals surface area contributed by atoms with E-state index in [4.69, 9.17) is 4.74 Å². The topological polar surface area (TPSA) is 21.3 Å². The molecule has 1 aromatic carbocycles. The summed E-state index contributed by atoms with van der Waals surface area (Å²) in [7, 11) is 0. The molecule has 0 aromatic heterocycles. The minimum Gasteiger partial charge on any atom is -0.482 e. The van der Waals surface area contributed by atoms with Crippen molar-refractivity contribution in [2.45, 2.75) is 12.5 Å². The molecule has 0 spiro atoms. The minimum atomic E-state index is -0.916. The second-order valence-corrected chi connectivity index (χ2v) is 3.71. The summed E-state index contributed by atoms with van der Waals surface area (Å²) >= 11 is 0. The van der Waals surface area contributed by atoms with Crippen LogP contribution < -0.4 is 10.1 Å². The molecule has 1 saturated heterocycles. The molecule has 76 valence electrons. The van der Waals surface area contributed by atoms with Crippen molar-refractivity contribution in [2.24, 2.45) is 0 Å². The Bertz CT molecular complexity index is 350. The highest BCUT2D eigenvalue weighted by Gasteiger charge is 2.34. The summed E-state index contributed by atoms with van der Waals surface area (Å²) in [5, 5.41) is 3.01. The van der Waals surface area contributed by atoms with Gasteiger partial charge in [-0.25, -0.2) is 4.39 Å². The van der Waals surface area contributed by atoms with Crippen molar-refractivity contribution in [2.75, 3.05) is 13.1 Å². The molecule has 1 aromatic rings. The van der Waals surface area contributed by atoms with E-state index < -0.39 is 17.2 Å². The van der Waals surface area contributed by atoms with E-state index in [2.05, 4.69) is 5.32 Å². The molecule has 14 heavy (non-hydrogen) atoms. The van der Waals surface area contributed by atoms with Crippen LogP contribution >= 0.6 is 0 Å². The third-order valence-electron chi connectivity index (χ3n) is 2.27.